The summed E-state index contributed by atoms with van der Waals surface area (Å²) >= 11 is 0. The van der Waals surface area contributed by atoms with Gasteiger partial charge in [0.2, 0.25) is 11.8 Å². The predicted octanol–water partition coefficient (Wildman–Crippen LogP) is 0.960. The van der Waals surface area contributed by atoms with E-state index in [0.29, 0.717) is 28.9 Å². The first-order valence-corrected chi connectivity index (χ1v) is 9.33. The molecule has 2 aliphatic heterocycles. The standard InChI is InChI=1S/C21H20N4O4/c22-13-6-4-12(5-7-13)10-23-19(27)14-2-1-3-15-16(14)11-25(21(15)29)17-8-9-18(26)24-20(17)28/h1-7,17H,8-11,22H2,(H,23,27)(H,24,26,28). The van der Waals surface area contributed by atoms with Gasteiger partial charge in [-0.25, -0.2) is 0 Å². The number of benzene rings is 2. The van der Waals surface area contributed by atoms with E-state index >= 15 is 0 Å². The monoisotopic (exact) mass is 392 g/mol. The highest BCUT2D eigenvalue weighted by atomic mass is 16.2. The van der Waals surface area contributed by atoms with Crippen LogP contribution in [0.25, 0.3) is 0 Å². The molecule has 4 rings (SSSR count). The largest absolute Gasteiger partial charge is 0.399 e. The summed E-state index contributed by atoms with van der Waals surface area (Å²) in [5.74, 6) is -1.41. The Bertz CT molecular complexity index is 1020. The van der Waals surface area contributed by atoms with Gasteiger partial charge in [-0.1, -0.05) is 18.2 Å². The molecule has 8 nitrogen and oxygen atoms in total. The maximum absolute atomic E-state index is 12.8. The number of nitrogen functional groups attached to an aromatic ring is 1. The molecule has 2 heterocycles. The first-order valence-electron chi connectivity index (χ1n) is 9.33. The van der Waals surface area contributed by atoms with E-state index in [-0.39, 0.29) is 37.1 Å². The zero-order valence-corrected chi connectivity index (χ0v) is 15.6. The van der Waals surface area contributed by atoms with Crippen molar-refractivity contribution in [1.29, 1.82) is 0 Å². The first kappa shape index (κ1) is 18.7. The number of hydrogen-bond acceptors (Lipinski definition) is 5. The van der Waals surface area contributed by atoms with Crippen LogP contribution in [0.2, 0.25) is 0 Å². The molecule has 0 aromatic heterocycles. The Balaban J connectivity index is 1.52. The number of nitrogens with two attached hydrogens (primary N) is 1. The second-order valence-corrected chi connectivity index (χ2v) is 7.16. The minimum absolute atomic E-state index is 0.159. The zero-order valence-electron chi connectivity index (χ0n) is 15.6. The smallest absolute Gasteiger partial charge is 0.255 e. The maximum Gasteiger partial charge on any atom is 0.255 e. The van der Waals surface area contributed by atoms with Crippen LogP contribution in [-0.2, 0) is 22.7 Å². The summed E-state index contributed by atoms with van der Waals surface area (Å²) < 4.78 is 0. The van der Waals surface area contributed by atoms with Gasteiger partial charge in [0.05, 0.1) is 0 Å². The van der Waals surface area contributed by atoms with Crippen molar-refractivity contribution in [2.24, 2.45) is 0 Å². The summed E-state index contributed by atoms with van der Waals surface area (Å²) in [6, 6.07) is 11.5. The molecular formula is C21H20N4O4. The summed E-state index contributed by atoms with van der Waals surface area (Å²) in [7, 11) is 0. The zero-order chi connectivity index (χ0) is 20.5. The van der Waals surface area contributed by atoms with Crippen LogP contribution in [0.3, 0.4) is 0 Å². The van der Waals surface area contributed by atoms with Crippen LogP contribution >= 0.6 is 0 Å². The Morgan fingerprint density at radius 3 is 2.62 bits per heavy atom. The van der Waals surface area contributed by atoms with Crippen molar-refractivity contribution in [3.63, 3.8) is 0 Å². The Labute approximate surface area is 167 Å². The third kappa shape index (κ3) is 3.56. The van der Waals surface area contributed by atoms with Crippen molar-refractivity contribution in [3.8, 4) is 0 Å². The van der Waals surface area contributed by atoms with E-state index in [2.05, 4.69) is 10.6 Å². The number of nitrogens with one attached hydrogen (secondary N) is 2. The van der Waals surface area contributed by atoms with Crippen molar-refractivity contribution >= 4 is 29.3 Å². The molecule has 1 unspecified atom stereocenters. The van der Waals surface area contributed by atoms with Gasteiger partial charge in [-0.05, 0) is 41.8 Å². The average Bonchev–Trinajstić information content (AvgIpc) is 3.04. The van der Waals surface area contributed by atoms with E-state index in [1.54, 1.807) is 30.3 Å². The molecule has 29 heavy (non-hydrogen) atoms. The van der Waals surface area contributed by atoms with E-state index in [1.807, 2.05) is 12.1 Å². The van der Waals surface area contributed by atoms with Gasteiger partial charge in [-0.2, -0.15) is 0 Å². The number of anilines is 1. The van der Waals surface area contributed by atoms with Gasteiger partial charge in [0.25, 0.3) is 11.8 Å². The fraction of sp³-hybridized carbons (Fsp3) is 0.238. The lowest BCUT2D eigenvalue weighted by Crippen LogP contribution is -2.52. The Morgan fingerprint density at radius 2 is 1.90 bits per heavy atom. The number of carbonyl (C=O) groups is 4. The molecule has 0 bridgehead atoms. The molecule has 1 fully saturated rings. The summed E-state index contributed by atoms with van der Waals surface area (Å²) in [5, 5.41) is 5.13. The van der Waals surface area contributed by atoms with E-state index in [0.717, 1.165) is 5.56 Å². The third-order valence-electron chi connectivity index (χ3n) is 5.26. The number of amides is 4. The van der Waals surface area contributed by atoms with Crippen molar-refractivity contribution < 1.29 is 19.2 Å². The van der Waals surface area contributed by atoms with Gasteiger partial charge < -0.3 is 16.0 Å². The Kier molecular flexibility index (Phi) is 4.75. The van der Waals surface area contributed by atoms with Crippen molar-refractivity contribution in [3.05, 3.63) is 64.7 Å². The van der Waals surface area contributed by atoms with Crippen LogP contribution in [0.5, 0.6) is 0 Å². The van der Waals surface area contributed by atoms with Crippen molar-refractivity contribution in [2.75, 3.05) is 5.73 Å². The lowest BCUT2D eigenvalue weighted by molar-refractivity contribution is -0.136. The van der Waals surface area contributed by atoms with Gasteiger partial charge in [0, 0.05) is 36.3 Å². The normalized spacial score (nSPS) is 18.4. The summed E-state index contributed by atoms with van der Waals surface area (Å²) in [6.45, 7) is 0.486. The highest BCUT2D eigenvalue weighted by Gasteiger charge is 2.40. The molecule has 2 aromatic rings. The minimum atomic E-state index is -0.710. The molecule has 0 aliphatic carbocycles. The molecule has 8 heteroatoms. The number of carbonyl (C=O) groups excluding carboxylic acids is 4. The minimum Gasteiger partial charge on any atom is -0.399 e. The molecule has 4 amide bonds. The predicted molar refractivity (Wildman–Crippen MR) is 105 cm³/mol. The Hall–Kier alpha value is -3.68. The number of piperidine rings is 1. The number of nitrogens with zero attached hydrogens (tertiary/aromatic N) is 1. The Morgan fingerprint density at radius 1 is 1.14 bits per heavy atom. The number of hydrogen-bond donors (Lipinski definition) is 3. The van der Waals surface area contributed by atoms with Crippen LogP contribution in [0.1, 0.15) is 44.7 Å². The fourth-order valence-electron chi connectivity index (χ4n) is 3.71. The van der Waals surface area contributed by atoms with E-state index < -0.39 is 11.9 Å². The summed E-state index contributed by atoms with van der Waals surface area (Å²) in [6.07, 6.45) is 0.467. The molecule has 1 atom stereocenters. The maximum atomic E-state index is 12.8. The number of rotatable bonds is 4. The molecular weight excluding hydrogens is 372 g/mol. The van der Waals surface area contributed by atoms with Gasteiger partial charge >= 0.3 is 0 Å². The number of imide groups is 1. The lowest BCUT2D eigenvalue weighted by Gasteiger charge is -2.29. The summed E-state index contributed by atoms with van der Waals surface area (Å²) in [4.78, 5) is 50.6. The van der Waals surface area contributed by atoms with Crippen LogP contribution in [0.4, 0.5) is 5.69 Å². The van der Waals surface area contributed by atoms with Gasteiger partial charge in [0.15, 0.2) is 0 Å². The molecule has 2 aliphatic rings. The van der Waals surface area contributed by atoms with Crippen LogP contribution in [-0.4, -0.2) is 34.6 Å². The topological polar surface area (TPSA) is 122 Å². The molecule has 2 aromatic carbocycles. The second-order valence-electron chi connectivity index (χ2n) is 7.16. The molecule has 1 saturated heterocycles. The van der Waals surface area contributed by atoms with Crippen molar-refractivity contribution in [2.45, 2.75) is 32.0 Å². The SMILES string of the molecule is Nc1ccc(CNC(=O)c2cccc3c2CN(C2CCC(=O)NC2=O)C3=O)cc1. The molecule has 0 saturated carbocycles. The highest BCUT2D eigenvalue weighted by molar-refractivity contribution is 6.07. The van der Waals surface area contributed by atoms with E-state index in [1.165, 1.54) is 4.90 Å². The fourth-order valence-corrected chi connectivity index (χ4v) is 3.71. The molecule has 148 valence electrons. The van der Waals surface area contributed by atoms with Gasteiger partial charge in [-0.3, -0.25) is 24.5 Å². The average molecular weight is 392 g/mol. The quantitative estimate of drug-likeness (QED) is 0.529. The van der Waals surface area contributed by atoms with Crippen molar-refractivity contribution in [1.82, 2.24) is 15.5 Å². The lowest BCUT2D eigenvalue weighted by atomic mass is 10.0. The van der Waals surface area contributed by atoms with Gasteiger partial charge in [0.1, 0.15) is 6.04 Å². The summed E-state index contributed by atoms with van der Waals surface area (Å²) in [5.41, 5.74) is 8.63. The van der Waals surface area contributed by atoms with Crippen LogP contribution in [0, 0.1) is 0 Å². The first-order chi connectivity index (χ1) is 13.9. The van der Waals surface area contributed by atoms with E-state index in [4.69, 9.17) is 5.73 Å². The van der Waals surface area contributed by atoms with Gasteiger partial charge in [-0.15, -0.1) is 0 Å². The van der Waals surface area contributed by atoms with Crippen LogP contribution in [0.15, 0.2) is 42.5 Å². The highest BCUT2D eigenvalue weighted by Crippen LogP contribution is 2.29. The van der Waals surface area contributed by atoms with Crippen LogP contribution < -0.4 is 16.4 Å². The second kappa shape index (κ2) is 7.38. The molecule has 4 N–H and O–H groups in total. The third-order valence-corrected chi connectivity index (χ3v) is 5.26. The molecule has 0 radical (unpaired) electrons. The van der Waals surface area contributed by atoms with E-state index in [9.17, 15) is 19.2 Å². The molecule has 0 spiro atoms. The number of fused-ring (bicyclic) bond motifs is 1.